The van der Waals surface area contributed by atoms with Crippen molar-refractivity contribution in [3.63, 3.8) is 0 Å². The van der Waals surface area contributed by atoms with E-state index < -0.39 is 0 Å². The summed E-state index contributed by atoms with van der Waals surface area (Å²) in [4.78, 5) is 12.4. The SMILES string of the molecule is CCCOc1ccc(/C=N/NC(=O)CSc2nnc(-c3ccc(OC)cc3)n2-c2ccccc2)cc1. The molecular formula is C27H27N5O3S. The monoisotopic (exact) mass is 501 g/mol. The molecule has 1 heterocycles. The Bertz CT molecular complexity index is 1290. The number of rotatable bonds is 11. The molecule has 36 heavy (non-hydrogen) atoms. The molecule has 0 unspecified atom stereocenters. The Balaban J connectivity index is 1.42. The zero-order valence-corrected chi connectivity index (χ0v) is 20.9. The van der Waals surface area contributed by atoms with E-state index in [0.29, 0.717) is 17.6 Å². The smallest absolute Gasteiger partial charge is 0.250 e. The number of benzene rings is 3. The van der Waals surface area contributed by atoms with Gasteiger partial charge in [-0.1, -0.05) is 36.9 Å². The molecule has 0 saturated carbocycles. The molecule has 8 nitrogen and oxygen atoms in total. The maximum absolute atomic E-state index is 12.4. The lowest BCUT2D eigenvalue weighted by Crippen LogP contribution is -2.20. The first kappa shape index (κ1) is 25.0. The van der Waals surface area contributed by atoms with E-state index in [9.17, 15) is 4.79 Å². The molecule has 0 aliphatic heterocycles. The highest BCUT2D eigenvalue weighted by Gasteiger charge is 2.17. The molecule has 1 aromatic heterocycles. The van der Waals surface area contributed by atoms with E-state index in [1.807, 2.05) is 83.4 Å². The summed E-state index contributed by atoms with van der Waals surface area (Å²) in [5, 5.41) is 13.4. The zero-order chi connectivity index (χ0) is 25.2. The van der Waals surface area contributed by atoms with Gasteiger partial charge in [0.2, 0.25) is 0 Å². The van der Waals surface area contributed by atoms with Crippen LogP contribution in [0.3, 0.4) is 0 Å². The average Bonchev–Trinajstić information content (AvgIpc) is 3.36. The second kappa shape index (κ2) is 12.6. The minimum atomic E-state index is -0.243. The van der Waals surface area contributed by atoms with Crippen LogP contribution in [0.5, 0.6) is 11.5 Å². The highest BCUT2D eigenvalue weighted by atomic mass is 32.2. The molecule has 1 N–H and O–H groups in total. The van der Waals surface area contributed by atoms with Gasteiger partial charge in [0.15, 0.2) is 11.0 Å². The number of amides is 1. The van der Waals surface area contributed by atoms with Crippen molar-refractivity contribution < 1.29 is 14.3 Å². The van der Waals surface area contributed by atoms with Gasteiger partial charge in [0.25, 0.3) is 5.91 Å². The van der Waals surface area contributed by atoms with Crippen molar-refractivity contribution in [3.05, 3.63) is 84.4 Å². The van der Waals surface area contributed by atoms with E-state index in [0.717, 1.165) is 34.7 Å². The second-order valence-electron chi connectivity index (χ2n) is 7.70. The predicted octanol–water partition coefficient (Wildman–Crippen LogP) is 4.97. The molecular weight excluding hydrogens is 474 g/mol. The molecule has 0 fully saturated rings. The van der Waals surface area contributed by atoms with Gasteiger partial charge in [-0.15, -0.1) is 10.2 Å². The normalized spacial score (nSPS) is 10.9. The van der Waals surface area contributed by atoms with Crippen LogP contribution in [-0.4, -0.2) is 46.4 Å². The molecule has 0 aliphatic carbocycles. The fourth-order valence-electron chi connectivity index (χ4n) is 3.31. The van der Waals surface area contributed by atoms with Crippen molar-refractivity contribution in [3.8, 4) is 28.6 Å². The highest BCUT2D eigenvalue weighted by molar-refractivity contribution is 7.99. The lowest BCUT2D eigenvalue weighted by Gasteiger charge is -2.10. The maximum atomic E-state index is 12.4. The van der Waals surface area contributed by atoms with Crippen molar-refractivity contribution in [2.24, 2.45) is 5.10 Å². The third-order valence-electron chi connectivity index (χ3n) is 5.08. The zero-order valence-electron chi connectivity index (χ0n) is 20.1. The van der Waals surface area contributed by atoms with E-state index in [-0.39, 0.29) is 11.7 Å². The number of carbonyl (C=O) groups excluding carboxylic acids is 1. The molecule has 0 aliphatic rings. The summed E-state index contributed by atoms with van der Waals surface area (Å²) in [7, 11) is 1.63. The molecule has 3 aromatic carbocycles. The summed E-state index contributed by atoms with van der Waals surface area (Å²) in [5.74, 6) is 2.14. The first-order chi connectivity index (χ1) is 17.7. The predicted molar refractivity (Wildman–Crippen MR) is 142 cm³/mol. The van der Waals surface area contributed by atoms with Crippen molar-refractivity contribution in [1.29, 1.82) is 0 Å². The van der Waals surface area contributed by atoms with Crippen molar-refractivity contribution in [2.75, 3.05) is 19.5 Å². The number of carbonyl (C=O) groups is 1. The third kappa shape index (κ3) is 6.51. The molecule has 1 amide bonds. The molecule has 0 radical (unpaired) electrons. The standard InChI is InChI=1S/C27H27N5O3S/c1-3-17-35-24-13-9-20(10-14-24)18-28-29-25(33)19-36-27-31-30-26(21-11-15-23(34-2)16-12-21)32(27)22-7-5-4-6-8-22/h4-16,18H,3,17,19H2,1-2H3,(H,29,33)/b28-18+. The number of hydrogen-bond donors (Lipinski definition) is 1. The van der Waals surface area contributed by atoms with Gasteiger partial charge < -0.3 is 9.47 Å². The topological polar surface area (TPSA) is 90.6 Å². The molecule has 0 bridgehead atoms. The van der Waals surface area contributed by atoms with E-state index in [2.05, 4.69) is 27.6 Å². The number of hydrogen-bond acceptors (Lipinski definition) is 7. The summed E-state index contributed by atoms with van der Waals surface area (Å²) < 4.78 is 12.8. The Morgan fingerprint density at radius 2 is 1.72 bits per heavy atom. The van der Waals surface area contributed by atoms with Gasteiger partial charge in [0.05, 0.1) is 25.7 Å². The van der Waals surface area contributed by atoms with Crippen molar-refractivity contribution >= 4 is 23.9 Å². The van der Waals surface area contributed by atoms with Crippen LogP contribution in [0.2, 0.25) is 0 Å². The van der Waals surface area contributed by atoms with Crippen LogP contribution in [0.15, 0.2) is 89.1 Å². The van der Waals surface area contributed by atoms with Crippen LogP contribution in [-0.2, 0) is 4.79 Å². The molecule has 4 rings (SSSR count). The van der Waals surface area contributed by atoms with Gasteiger partial charge in [-0.25, -0.2) is 5.43 Å². The summed E-state index contributed by atoms with van der Waals surface area (Å²) >= 11 is 1.29. The van der Waals surface area contributed by atoms with Crippen LogP contribution < -0.4 is 14.9 Å². The summed E-state index contributed by atoms with van der Waals surface area (Å²) in [6.07, 6.45) is 2.55. The van der Waals surface area contributed by atoms with Crippen LogP contribution in [0.1, 0.15) is 18.9 Å². The first-order valence-electron chi connectivity index (χ1n) is 11.5. The lowest BCUT2D eigenvalue weighted by molar-refractivity contribution is -0.118. The lowest BCUT2D eigenvalue weighted by atomic mass is 10.2. The van der Waals surface area contributed by atoms with Crippen LogP contribution >= 0.6 is 11.8 Å². The van der Waals surface area contributed by atoms with Gasteiger partial charge >= 0.3 is 0 Å². The van der Waals surface area contributed by atoms with E-state index in [1.54, 1.807) is 13.3 Å². The number of nitrogens with zero attached hydrogens (tertiary/aromatic N) is 4. The molecule has 0 atom stereocenters. The Hall–Kier alpha value is -4.11. The van der Waals surface area contributed by atoms with Gasteiger partial charge in [0, 0.05) is 11.3 Å². The maximum Gasteiger partial charge on any atom is 0.250 e. The van der Waals surface area contributed by atoms with Crippen LogP contribution in [0.4, 0.5) is 0 Å². The Morgan fingerprint density at radius 3 is 2.42 bits per heavy atom. The summed E-state index contributed by atoms with van der Waals surface area (Å²) in [6, 6.07) is 25.0. The van der Waals surface area contributed by atoms with Crippen molar-refractivity contribution in [2.45, 2.75) is 18.5 Å². The van der Waals surface area contributed by atoms with Crippen molar-refractivity contribution in [1.82, 2.24) is 20.2 Å². The quantitative estimate of drug-likeness (QED) is 0.177. The number of thioether (sulfide) groups is 1. The fraction of sp³-hybridized carbons (Fsp3) is 0.185. The summed E-state index contributed by atoms with van der Waals surface area (Å²) in [5.41, 5.74) is 5.22. The van der Waals surface area contributed by atoms with E-state index in [4.69, 9.17) is 9.47 Å². The number of para-hydroxylation sites is 1. The molecule has 0 spiro atoms. The van der Waals surface area contributed by atoms with Gasteiger partial charge in [-0.2, -0.15) is 5.10 Å². The number of hydrazone groups is 1. The Kier molecular flexibility index (Phi) is 8.72. The highest BCUT2D eigenvalue weighted by Crippen LogP contribution is 2.28. The van der Waals surface area contributed by atoms with Gasteiger partial charge in [-0.05, 0) is 72.6 Å². The minimum absolute atomic E-state index is 0.134. The Morgan fingerprint density at radius 1 is 1.00 bits per heavy atom. The van der Waals surface area contributed by atoms with E-state index in [1.165, 1.54) is 11.8 Å². The van der Waals surface area contributed by atoms with Gasteiger partial charge in [-0.3, -0.25) is 9.36 Å². The number of nitrogens with one attached hydrogen (secondary N) is 1. The molecule has 4 aromatic rings. The number of methoxy groups -OCH3 is 1. The summed E-state index contributed by atoms with van der Waals surface area (Å²) in [6.45, 7) is 2.74. The average molecular weight is 502 g/mol. The van der Waals surface area contributed by atoms with E-state index >= 15 is 0 Å². The number of aromatic nitrogens is 3. The first-order valence-corrected chi connectivity index (χ1v) is 12.5. The van der Waals surface area contributed by atoms with Gasteiger partial charge in [0.1, 0.15) is 11.5 Å². The minimum Gasteiger partial charge on any atom is -0.497 e. The third-order valence-corrected chi connectivity index (χ3v) is 6.01. The fourth-order valence-corrected chi connectivity index (χ4v) is 4.06. The number of ether oxygens (including phenoxy) is 2. The molecule has 0 saturated heterocycles. The van der Waals surface area contributed by atoms with Crippen LogP contribution in [0, 0.1) is 0 Å². The largest absolute Gasteiger partial charge is 0.497 e. The Labute approximate surface area is 214 Å². The van der Waals surface area contributed by atoms with Crippen LogP contribution in [0.25, 0.3) is 17.1 Å². The second-order valence-corrected chi connectivity index (χ2v) is 8.65. The molecule has 184 valence electrons. The molecule has 9 heteroatoms.